The zero-order valence-corrected chi connectivity index (χ0v) is 25.8. The number of nitrogens with two attached hydrogens (primary N) is 1. The molecule has 8 heteroatoms. The van der Waals surface area contributed by atoms with Gasteiger partial charge in [-0.15, -0.1) is 0 Å². The van der Waals surface area contributed by atoms with Gasteiger partial charge in [0, 0.05) is 43.6 Å². The number of carbonyl (C=O) groups excluding carboxylic acids is 3. The van der Waals surface area contributed by atoms with E-state index in [4.69, 9.17) is 5.73 Å². The van der Waals surface area contributed by atoms with Crippen LogP contribution in [0.1, 0.15) is 95.9 Å². The number of benzene rings is 1. The van der Waals surface area contributed by atoms with E-state index in [0.717, 1.165) is 48.9 Å². The molecule has 0 saturated carbocycles. The van der Waals surface area contributed by atoms with Crippen LogP contribution in [0, 0.1) is 0 Å². The predicted octanol–water partition coefficient (Wildman–Crippen LogP) is 6.39. The second kappa shape index (κ2) is 19.2. The van der Waals surface area contributed by atoms with E-state index < -0.39 is 6.04 Å². The zero-order valence-electron chi connectivity index (χ0n) is 25.8. The monoisotopic (exact) mass is 575 g/mol. The van der Waals surface area contributed by atoms with E-state index in [1.165, 1.54) is 0 Å². The van der Waals surface area contributed by atoms with Crippen molar-refractivity contribution in [3.05, 3.63) is 65.5 Å². The average Bonchev–Trinajstić information content (AvgIpc) is 2.97. The number of anilines is 2. The number of hydrogen-bond acceptors (Lipinski definition) is 5. The minimum Gasteiger partial charge on any atom is -0.399 e. The molecule has 1 aromatic carbocycles. The number of hydrogen-bond donors (Lipinski definition) is 3. The normalized spacial score (nSPS) is 12.0. The summed E-state index contributed by atoms with van der Waals surface area (Å²) >= 11 is 0. The first-order valence-corrected chi connectivity index (χ1v) is 15.3. The molecule has 0 aliphatic heterocycles. The number of allylic oxidation sites excluding steroid dienone is 2. The molecule has 0 unspecified atom stereocenters. The molecule has 1 heterocycles. The van der Waals surface area contributed by atoms with Crippen LogP contribution in [-0.4, -0.2) is 46.7 Å². The summed E-state index contributed by atoms with van der Waals surface area (Å²) in [7, 11) is 0. The maximum Gasteiger partial charge on any atom is 0.247 e. The molecule has 1 atom stereocenters. The number of nitrogens with one attached hydrogen (secondary N) is 2. The lowest BCUT2D eigenvalue weighted by Gasteiger charge is -2.23. The topological polar surface area (TPSA) is 117 Å². The van der Waals surface area contributed by atoms with Gasteiger partial charge < -0.3 is 21.3 Å². The van der Waals surface area contributed by atoms with E-state index in [0.29, 0.717) is 43.7 Å². The highest BCUT2D eigenvalue weighted by Crippen LogP contribution is 2.18. The van der Waals surface area contributed by atoms with Gasteiger partial charge in [0.1, 0.15) is 6.04 Å². The van der Waals surface area contributed by atoms with Crippen molar-refractivity contribution in [1.82, 2.24) is 15.2 Å². The van der Waals surface area contributed by atoms with Gasteiger partial charge in [0.2, 0.25) is 17.7 Å². The van der Waals surface area contributed by atoms with E-state index in [1.54, 1.807) is 18.3 Å². The Balaban J connectivity index is 2.08. The van der Waals surface area contributed by atoms with Crippen molar-refractivity contribution in [2.45, 2.75) is 91.5 Å². The number of nitrogens with zero attached hydrogens (tertiary/aromatic N) is 2. The minimum absolute atomic E-state index is 0.153. The van der Waals surface area contributed by atoms with Crippen LogP contribution in [0.25, 0.3) is 12.2 Å². The molecule has 0 radical (unpaired) electrons. The molecule has 8 nitrogen and oxygen atoms in total. The molecule has 228 valence electrons. The molecule has 42 heavy (non-hydrogen) atoms. The lowest BCUT2D eigenvalue weighted by molar-refractivity contribution is -0.132. The summed E-state index contributed by atoms with van der Waals surface area (Å²) in [5.41, 5.74) is 9.58. The van der Waals surface area contributed by atoms with Crippen molar-refractivity contribution in [1.29, 1.82) is 0 Å². The van der Waals surface area contributed by atoms with Crippen LogP contribution in [-0.2, 0) is 20.8 Å². The van der Waals surface area contributed by atoms with Crippen molar-refractivity contribution in [3.63, 3.8) is 0 Å². The first-order chi connectivity index (χ1) is 20.3. The molecular weight excluding hydrogens is 526 g/mol. The zero-order chi connectivity index (χ0) is 30.7. The molecule has 2 rings (SSSR count). The van der Waals surface area contributed by atoms with Gasteiger partial charge in [0.25, 0.3) is 0 Å². The summed E-state index contributed by atoms with van der Waals surface area (Å²) in [6.07, 6.45) is 16.0. The van der Waals surface area contributed by atoms with Gasteiger partial charge in [-0.3, -0.25) is 19.4 Å². The predicted molar refractivity (Wildman–Crippen MR) is 174 cm³/mol. The third-order valence-electron chi connectivity index (χ3n) is 6.88. The van der Waals surface area contributed by atoms with Gasteiger partial charge in [-0.05, 0) is 62.9 Å². The fraction of sp³-hybridized carbons (Fsp3) is 0.471. The fourth-order valence-electron chi connectivity index (χ4n) is 4.69. The van der Waals surface area contributed by atoms with Crippen molar-refractivity contribution in [3.8, 4) is 0 Å². The van der Waals surface area contributed by atoms with E-state index in [-0.39, 0.29) is 24.1 Å². The second-order valence-corrected chi connectivity index (χ2v) is 10.5. The number of rotatable bonds is 18. The average molecular weight is 576 g/mol. The Hall–Kier alpha value is -3.94. The molecule has 0 aliphatic rings. The maximum absolute atomic E-state index is 13.4. The molecule has 2 aromatic rings. The molecule has 0 fully saturated rings. The molecular formula is C34H49N5O3. The van der Waals surface area contributed by atoms with E-state index in [1.807, 2.05) is 61.3 Å². The Morgan fingerprint density at radius 3 is 2.33 bits per heavy atom. The quantitative estimate of drug-likeness (QED) is 0.141. The van der Waals surface area contributed by atoms with Gasteiger partial charge in [0.15, 0.2) is 0 Å². The number of nitrogen functional groups attached to an aromatic ring is 1. The third-order valence-corrected chi connectivity index (χ3v) is 6.88. The van der Waals surface area contributed by atoms with E-state index in [9.17, 15) is 14.4 Å². The number of unbranched alkanes of at least 4 members (excludes halogenated alkanes) is 3. The Morgan fingerprint density at radius 1 is 0.929 bits per heavy atom. The number of pyridine rings is 1. The number of amides is 3. The Kier molecular flexibility index (Phi) is 15.7. The van der Waals surface area contributed by atoms with Gasteiger partial charge in [-0.25, -0.2) is 0 Å². The SMILES string of the molecule is C/C=C\c1cc(NC(=O)[C@H](Cc2ccc(N)cc2)NC(=O)CCCN(CCC)C(=O)CCCCCC)cnc1/C=C\C. The highest BCUT2D eigenvalue weighted by molar-refractivity contribution is 5.97. The van der Waals surface area contributed by atoms with Crippen LogP contribution < -0.4 is 16.4 Å². The molecule has 1 aromatic heterocycles. The van der Waals surface area contributed by atoms with Gasteiger partial charge >= 0.3 is 0 Å². The van der Waals surface area contributed by atoms with Crippen molar-refractivity contribution < 1.29 is 14.4 Å². The van der Waals surface area contributed by atoms with Gasteiger partial charge in [-0.1, -0.05) is 63.5 Å². The number of carbonyl (C=O) groups is 3. The van der Waals surface area contributed by atoms with Crippen molar-refractivity contribution in [2.24, 2.45) is 0 Å². The Morgan fingerprint density at radius 2 is 1.67 bits per heavy atom. The summed E-state index contributed by atoms with van der Waals surface area (Å²) < 4.78 is 0. The fourth-order valence-corrected chi connectivity index (χ4v) is 4.69. The highest BCUT2D eigenvalue weighted by Gasteiger charge is 2.22. The standard InChI is InChI=1S/C34H49N5O3/c1-5-9-10-11-16-33(41)39(21-8-4)22-12-15-32(40)38-31(23-26-17-19-28(35)20-18-26)34(42)37-29-24-27(13-6-2)30(14-7-3)36-25-29/h6-7,13-14,17-20,24-25,31H,5,8-12,15-16,21-23,35H2,1-4H3,(H,37,42)(H,38,40)/b13-6-,14-7-/t31-/m0/s1. The lowest BCUT2D eigenvalue weighted by Crippen LogP contribution is -2.45. The molecule has 0 aliphatic carbocycles. The first kappa shape index (κ1) is 34.3. The summed E-state index contributed by atoms with van der Waals surface area (Å²) in [4.78, 5) is 45.5. The summed E-state index contributed by atoms with van der Waals surface area (Å²) in [6.45, 7) is 9.27. The van der Waals surface area contributed by atoms with Crippen LogP contribution in [0.4, 0.5) is 11.4 Å². The molecule has 0 spiro atoms. The third kappa shape index (κ3) is 12.3. The van der Waals surface area contributed by atoms with Crippen LogP contribution in [0.15, 0.2) is 48.7 Å². The van der Waals surface area contributed by atoms with Crippen LogP contribution in [0.3, 0.4) is 0 Å². The maximum atomic E-state index is 13.4. The van der Waals surface area contributed by atoms with Crippen LogP contribution in [0.5, 0.6) is 0 Å². The largest absolute Gasteiger partial charge is 0.399 e. The Labute approximate surface area is 251 Å². The van der Waals surface area contributed by atoms with Gasteiger partial charge in [-0.2, -0.15) is 0 Å². The van der Waals surface area contributed by atoms with Gasteiger partial charge in [0.05, 0.1) is 17.6 Å². The van der Waals surface area contributed by atoms with Crippen molar-refractivity contribution in [2.75, 3.05) is 24.1 Å². The number of aromatic nitrogens is 1. The smallest absolute Gasteiger partial charge is 0.247 e. The molecule has 4 N–H and O–H groups in total. The van der Waals surface area contributed by atoms with Crippen molar-refractivity contribution >= 4 is 41.2 Å². The molecule has 0 saturated heterocycles. The first-order valence-electron chi connectivity index (χ1n) is 15.3. The lowest BCUT2D eigenvalue weighted by atomic mass is 10.0. The van der Waals surface area contributed by atoms with E-state index in [2.05, 4.69) is 29.5 Å². The summed E-state index contributed by atoms with van der Waals surface area (Å²) in [5.74, 6) is -0.407. The van der Waals surface area contributed by atoms with Crippen LogP contribution in [0.2, 0.25) is 0 Å². The summed E-state index contributed by atoms with van der Waals surface area (Å²) in [6, 6.07) is 8.34. The van der Waals surface area contributed by atoms with Crippen LogP contribution >= 0.6 is 0 Å². The second-order valence-electron chi connectivity index (χ2n) is 10.5. The highest BCUT2D eigenvalue weighted by atomic mass is 16.2. The summed E-state index contributed by atoms with van der Waals surface area (Å²) in [5, 5.41) is 5.85. The molecule has 0 bridgehead atoms. The Bertz CT molecular complexity index is 1190. The van der Waals surface area contributed by atoms with E-state index >= 15 is 0 Å². The minimum atomic E-state index is -0.798. The molecule has 3 amide bonds.